The van der Waals surface area contributed by atoms with Crippen LogP contribution in [0.1, 0.15) is 18.1 Å². The molecule has 8 heteroatoms. The van der Waals surface area contributed by atoms with Gasteiger partial charge in [-0.25, -0.2) is 9.69 Å². The van der Waals surface area contributed by atoms with E-state index >= 15 is 0 Å². The Hall–Kier alpha value is -3.81. The summed E-state index contributed by atoms with van der Waals surface area (Å²) in [5.41, 5.74) is 2.38. The first-order chi connectivity index (χ1) is 14.4. The molecule has 2 aromatic carbocycles. The number of methoxy groups -OCH3 is 1. The number of aryl methyl sites for hydroxylation is 1. The second-order valence-corrected chi connectivity index (χ2v) is 6.64. The number of nitrogens with one attached hydrogen (secondary N) is 2. The van der Waals surface area contributed by atoms with E-state index in [1.807, 2.05) is 26.0 Å². The highest BCUT2D eigenvalue weighted by Gasteiger charge is 2.34. The number of benzene rings is 2. The molecule has 1 aliphatic rings. The zero-order valence-electron chi connectivity index (χ0n) is 17.0. The molecule has 0 saturated carbocycles. The molecule has 30 heavy (non-hydrogen) atoms. The van der Waals surface area contributed by atoms with Gasteiger partial charge in [0.2, 0.25) is 5.91 Å². The van der Waals surface area contributed by atoms with Crippen LogP contribution in [0.25, 0.3) is 6.08 Å². The summed E-state index contributed by atoms with van der Waals surface area (Å²) < 4.78 is 10.8. The zero-order chi connectivity index (χ0) is 21.7. The molecule has 2 N–H and O–H groups in total. The van der Waals surface area contributed by atoms with Gasteiger partial charge in [0.15, 0.2) is 11.5 Å². The van der Waals surface area contributed by atoms with Crippen LogP contribution in [0.5, 0.6) is 11.5 Å². The Morgan fingerprint density at radius 3 is 2.53 bits per heavy atom. The maximum Gasteiger partial charge on any atom is 0.329 e. The number of ether oxygens (including phenoxy) is 2. The first-order valence-electron chi connectivity index (χ1n) is 9.43. The van der Waals surface area contributed by atoms with E-state index < -0.39 is 17.8 Å². The number of carbonyl (C=O) groups excluding carboxylic acids is 3. The van der Waals surface area contributed by atoms with E-state index in [9.17, 15) is 14.4 Å². The molecule has 0 spiro atoms. The summed E-state index contributed by atoms with van der Waals surface area (Å²) in [5.74, 6) is 0.0511. The van der Waals surface area contributed by atoms with Crippen molar-refractivity contribution in [1.29, 1.82) is 0 Å². The summed E-state index contributed by atoms with van der Waals surface area (Å²) in [7, 11) is 1.54. The van der Waals surface area contributed by atoms with Crippen molar-refractivity contribution in [3.63, 3.8) is 0 Å². The molecule has 3 rings (SSSR count). The molecular formula is C22H23N3O5. The minimum Gasteiger partial charge on any atom is -0.493 e. The number of imide groups is 1. The predicted molar refractivity (Wildman–Crippen MR) is 112 cm³/mol. The van der Waals surface area contributed by atoms with Gasteiger partial charge in [0.25, 0.3) is 5.91 Å². The van der Waals surface area contributed by atoms with Crippen LogP contribution in [0.15, 0.2) is 48.2 Å². The van der Waals surface area contributed by atoms with Crippen molar-refractivity contribution < 1.29 is 23.9 Å². The lowest BCUT2D eigenvalue weighted by molar-refractivity contribution is -0.127. The molecule has 1 saturated heterocycles. The van der Waals surface area contributed by atoms with Gasteiger partial charge in [-0.05, 0) is 49.8 Å². The average Bonchev–Trinajstić information content (AvgIpc) is 2.97. The number of hydrogen-bond acceptors (Lipinski definition) is 5. The smallest absolute Gasteiger partial charge is 0.329 e. The van der Waals surface area contributed by atoms with E-state index in [4.69, 9.17) is 9.47 Å². The molecule has 0 aromatic heterocycles. The van der Waals surface area contributed by atoms with Gasteiger partial charge >= 0.3 is 6.03 Å². The molecule has 2 aromatic rings. The summed E-state index contributed by atoms with van der Waals surface area (Å²) in [5, 5.41) is 5.18. The number of anilines is 1. The fourth-order valence-corrected chi connectivity index (χ4v) is 2.91. The first kappa shape index (κ1) is 20.9. The van der Waals surface area contributed by atoms with Gasteiger partial charge in [0, 0.05) is 5.69 Å². The van der Waals surface area contributed by atoms with Gasteiger partial charge in [0.1, 0.15) is 12.2 Å². The van der Waals surface area contributed by atoms with E-state index in [0.717, 1.165) is 10.5 Å². The van der Waals surface area contributed by atoms with Crippen LogP contribution in [0.2, 0.25) is 0 Å². The SMILES string of the molecule is CCOc1cc(/C=C2/NC(=O)N(CC(=O)Nc3ccc(C)cc3)C2=O)ccc1OC. The van der Waals surface area contributed by atoms with Crippen molar-refractivity contribution in [2.45, 2.75) is 13.8 Å². The minimum absolute atomic E-state index is 0.0794. The average molecular weight is 409 g/mol. The second kappa shape index (κ2) is 9.13. The molecule has 0 radical (unpaired) electrons. The summed E-state index contributed by atoms with van der Waals surface area (Å²) in [6.07, 6.45) is 1.53. The number of nitrogens with zero attached hydrogens (tertiary/aromatic N) is 1. The molecule has 1 aliphatic heterocycles. The van der Waals surface area contributed by atoms with Crippen LogP contribution < -0.4 is 20.1 Å². The van der Waals surface area contributed by atoms with Crippen molar-refractivity contribution in [3.05, 3.63) is 59.3 Å². The highest BCUT2D eigenvalue weighted by atomic mass is 16.5. The van der Waals surface area contributed by atoms with Gasteiger partial charge in [-0.1, -0.05) is 23.8 Å². The Balaban J connectivity index is 1.71. The largest absolute Gasteiger partial charge is 0.493 e. The highest BCUT2D eigenvalue weighted by Crippen LogP contribution is 2.29. The lowest BCUT2D eigenvalue weighted by atomic mass is 10.1. The second-order valence-electron chi connectivity index (χ2n) is 6.64. The standard InChI is InChI=1S/C22H23N3O5/c1-4-30-19-12-15(7-10-18(19)29-3)11-17-21(27)25(22(28)24-17)13-20(26)23-16-8-5-14(2)6-9-16/h5-12H,4,13H2,1-3H3,(H,23,26)(H,24,28)/b17-11+. The maximum absolute atomic E-state index is 12.6. The van der Waals surface area contributed by atoms with E-state index in [0.29, 0.717) is 29.4 Å². The quantitative estimate of drug-likeness (QED) is 0.541. The third-order valence-corrected chi connectivity index (χ3v) is 4.40. The minimum atomic E-state index is -0.649. The van der Waals surface area contributed by atoms with Crippen molar-refractivity contribution in [3.8, 4) is 11.5 Å². The number of rotatable bonds is 7. The van der Waals surface area contributed by atoms with Crippen molar-refractivity contribution in [2.75, 3.05) is 25.6 Å². The number of urea groups is 1. The Morgan fingerprint density at radius 1 is 1.13 bits per heavy atom. The topological polar surface area (TPSA) is 97.0 Å². The Kier molecular flexibility index (Phi) is 6.36. The fourth-order valence-electron chi connectivity index (χ4n) is 2.91. The van der Waals surface area contributed by atoms with Crippen LogP contribution in [0, 0.1) is 6.92 Å². The van der Waals surface area contributed by atoms with Crippen molar-refractivity contribution in [2.24, 2.45) is 0 Å². The van der Waals surface area contributed by atoms with Gasteiger partial charge < -0.3 is 20.1 Å². The number of hydrogen-bond donors (Lipinski definition) is 2. The van der Waals surface area contributed by atoms with Gasteiger partial charge in [-0.3, -0.25) is 9.59 Å². The Bertz CT molecular complexity index is 998. The summed E-state index contributed by atoms with van der Waals surface area (Å²) in [4.78, 5) is 38.0. The molecule has 4 amide bonds. The predicted octanol–water partition coefficient (Wildman–Crippen LogP) is 2.93. The van der Waals surface area contributed by atoms with E-state index in [2.05, 4.69) is 10.6 Å². The molecule has 156 valence electrons. The van der Waals surface area contributed by atoms with Crippen molar-refractivity contribution in [1.82, 2.24) is 10.2 Å². The molecule has 0 atom stereocenters. The molecule has 0 aliphatic carbocycles. The van der Waals surface area contributed by atoms with Gasteiger partial charge in [-0.2, -0.15) is 0 Å². The van der Waals surface area contributed by atoms with Crippen LogP contribution in [-0.4, -0.2) is 43.0 Å². The fraction of sp³-hybridized carbons (Fsp3) is 0.227. The zero-order valence-corrected chi connectivity index (χ0v) is 17.0. The third-order valence-electron chi connectivity index (χ3n) is 4.40. The molecular weight excluding hydrogens is 386 g/mol. The monoisotopic (exact) mass is 409 g/mol. The highest BCUT2D eigenvalue weighted by molar-refractivity contribution is 6.15. The Morgan fingerprint density at radius 2 is 1.87 bits per heavy atom. The summed E-state index contributed by atoms with van der Waals surface area (Å²) in [6, 6.07) is 11.7. The van der Waals surface area contributed by atoms with Gasteiger partial charge in [-0.15, -0.1) is 0 Å². The van der Waals surface area contributed by atoms with Crippen LogP contribution in [0.4, 0.5) is 10.5 Å². The van der Waals surface area contributed by atoms with Crippen molar-refractivity contribution >= 4 is 29.6 Å². The number of amides is 4. The maximum atomic E-state index is 12.6. The lowest BCUT2D eigenvalue weighted by Gasteiger charge is -2.12. The Labute approximate surface area is 174 Å². The first-order valence-corrected chi connectivity index (χ1v) is 9.43. The summed E-state index contributed by atoms with van der Waals surface area (Å²) in [6.45, 7) is 3.86. The third kappa shape index (κ3) is 4.78. The molecule has 0 unspecified atom stereocenters. The van der Waals surface area contributed by atoms with Crippen LogP contribution in [-0.2, 0) is 9.59 Å². The lowest BCUT2D eigenvalue weighted by Crippen LogP contribution is -2.38. The molecule has 0 bridgehead atoms. The molecule has 1 fully saturated rings. The normalized spacial score (nSPS) is 14.6. The number of carbonyl (C=O) groups is 3. The van der Waals surface area contributed by atoms with E-state index in [1.54, 1.807) is 30.3 Å². The van der Waals surface area contributed by atoms with E-state index in [-0.39, 0.29) is 12.2 Å². The van der Waals surface area contributed by atoms with Crippen LogP contribution in [0.3, 0.4) is 0 Å². The van der Waals surface area contributed by atoms with E-state index in [1.165, 1.54) is 13.2 Å². The molecule has 8 nitrogen and oxygen atoms in total. The summed E-state index contributed by atoms with van der Waals surface area (Å²) >= 11 is 0. The molecule has 1 heterocycles. The van der Waals surface area contributed by atoms with Gasteiger partial charge in [0.05, 0.1) is 13.7 Å². The van der Waals surface area contributed by atoms with Crippen LogP contribution >= 0.6 is 0 Å².